The molecule has 1 fully saturated rings. The summed E-state index contributed by atoms with van der Waals surface area (Å²) >= 11 is 1.52. The minimum absolute atomic E-state index is 0. The summed E-state index contributed by atoms with van der Waals surface area (Å²) in [4.78, 5) is 47.5. The highest BCUT2D eigenvalue weighted by molar-refractivity contribution is 7.98. The predicted molar refractivity (Wildman–Crippen MR) is 110 cm³/mol. The monoisotopic (exact) mass is 438 g/mol. The lowest BCUT2D eigenvalue weighted by atomic mass is 9.98. The van der Waals surface area contributed by atoms with Crippen LogP contribution in [0, 0.1) is 5.92 Å². The first-order valence-corrected chi connectivity index (χ1v) is 10.5. The van der Waals surface area contributed by atoms with Gasteiger partial charge in [0, 0.05) is 0 Å². The first-order chi connectivity index (χ1) is 12.7. The normalized spacial score (nSPS) is 17.1. The van der Waals surface area contributed by atoms with E-state index in [9.17, 15) is 19.2 Å². The van der Waals surface area contributed by atoms with Gasteiger partial charge in [-0.15, -0.1) is 12.4 Å². The molecule has 0 aromatic heterocycles. The standard InChI is InChI=1S/C17H30N4O5S.ClH/c1-27-7-6-11(18)15(24)20-13(9-14(22)23)17(26)21-16(25)12(19)8-10-4-2-3-5-10;/h10-13H,2-9,18-19H2,1H3,(H,20,24)(H,22,23)(H,21,25,26);1H/t11-,12?,13-;/m0./s1. The first kappa shape index (κ1) is 26.6. The summed E-state index contributed by atoms with van der Waals surface area (Å²) in [5, 5.41) is 13.4. The molecule has 0 bridgehead atoms. The number of hydrogen-bond donors (Lipinski definition) is 5. The molecule has 0 heterocycles. The molecule has 1 unspecified atom stereocenters. The van der Waals surface area contributed by atoms with Gasteiger partial charge in [-0.3, -0.25) is 24.5 Å². The van der Waals surface area contributed by atoms with E-state index in [1.165, 1.54) is 11.8 Å². The molecule has 0 radical (unpaired) electrons. The van der Waals surface area contributed by atoms with Crippen molar-refractivity contribution >= 4 is 47.9 Å². The molecule has 28 heavy (non-hydrogen) atoms. The van der Waals surface area contributed by atoms with Gasteiger partial charge in [-0.2, -0.15) is 11.8 Å². The average Bonchev–Trinajstić information content (AvgIpc) is 3.11. The number of nitrogens with two attached hydrogens (primary N) is 2. The fourth-order valence-electron chi connectivity index (χ4n) is 3.05. The minimum Gasteiger partial charge on any atom is -0.481 e. The number of carbonyl (C=O) groups excluding carboxylic acids is 3. The van der Waals surface area contributed by atoms with Crippen molar-refractivity contribution in [3.8, 4) is 0 Å². The number of aliphatic carboxylic acids is 1. The molecule has 0 saturated heterocycles. The Kier molecular flexibility index (Phi) is 13.1. The molecule has 11 heteroatoms. The van der Waals surface area contributed by atoms with Crippen LogP contribution in [0.1, 0.15) is 44.9 Å². The summed E-state index contributed by atoms with van der Waals surface area (Å²) in [5.41, 5.74) is 11.6. The molecular formula is C17H31ClN4O5S. The Hall–Kier alpha value is -1.36. The van der Waals surface area contributed by atoms with Gasteiger partial charge in [0.2, 0.25) is 17.7 Å². The van der Waals surface area contributed by atoms with Crippen LogP contribution in [0.25, 0.3) is 0 Å². The number of rotatable bonds is 11. The molecule has 0 aromatic rings. The Morgan fingerprint density at radius 2 is 1.68 bits per heavy atom. The fraction of sp³-hybridized carbons (Fsp3) is 0.765. The van der Waals surface area contributed by atoms with Gasteiger partial charge in [0.1, 0.15) is 6.04 Å². The zero-order valence-electron chi connectivity index (χ0n) is 16.0. The van der Waals surface area contributed by atoms with E-state index in [0.29, 0.717) is 24.5 Å². The Balaban J connectivity index is 0.00000729. The van der Waals surface area contributed by atoms with Crippen molar-refractivity contribution in [2.24, 2.45) is 17.4 Å². The highest BCUT2D eigenvalue weighted by Crippen LogP contribution is 2.28. The third-order valence-electron chi connectivity index (χ3n) is 4.63. The quantitative estimate of drug-likeness (QED) is 0.300. The van der Waals surface area contributed by atoms with Crippen molar-refractivity contribution < 1.29 is 24.3 Å². The maximum absolute atomic E-state index is 12.3. The topological polar surface area (TPSA) is 165 Å². The number of halogens is 1. The van der Waals surface area contributed by atoms with Gasteiger partial charge in [0.05, 0.1) is 18.5 Å². The largest absolute Gasteiger partial charge is 0.481 e. The molecule has 1 rings (SSSR count). The minimum atomic E-state index is -1.39. The molecule has 1 saturated carbocycles. The second-order valence-electron chi connectivity index (χ2n) is 6.89. The molecule has 0 aliphatic heterocycles. The molecule has 1 aliphatic rings. The van der Waals surface area contributed by atoms with E-state index in [2.05, 4.69) is 10.6 Å². The molecule has 3 amide bonds. The Bertz CT molecular complexity index is 546. The van der Waals surface area contributed by atoms with Gasteiger partial charge < -0.3 is 21.9 Å². The van der Waals surface area contributed by atoms with Crippen molar-refractivity contribution in [3.05, 3.63) is 0 Å². The Morgan fingerprint density at radius 3 is 2.21 bits per heavy atom. The van der Waals surface area contributed by atoms with Gasteiger partial charge in [0.25, 0.3) is 0 Å². The summed E-state index contributed by atoms with van der Waals surface area (Å²) < 4.78 is 0. The van der Waals surface area contributed by atoms with E-state index >= 15 is 0 Å². The second-order valence-corrected chi connectivity index (χ2v) is 7.88. The highest BCUT2D eigenvalue weighted by atomic mass is 35.5. The number of thioether (sulfide) groups is 1. The summed E-state index contributed by atoms with van der Waals surface area (Å²) in [5.74, 6) is -2.45. The lowest BCUT2D eigenvalue weighted by Gasteiger charge is -2.20. The SMILES string of the molecule is CSCC[C@H](N)C(=O)N[C@@H](CC(=O)O)C(=O)NC(=O)C(N)CC1CCCC1.Cl. The predicted octanol–water partition coefficient (Wildman–Crippen LogP) is -0.00150. The van der Waals surface area contributed by atoms with Crippen molar-refractivity contribution in [3.63, 3.8) is 0 Å². The van der Waals surface area contributed by atoms with Crippen molar-refractivity contribution in [2.45, 2.75) is 63.1 Å². The third kappa shape index (κ3) is 9.72. The van der Waals surface area contributed by atoms with Gasteiger partial charge in [-0.05, 0) is 30.8 Å². The van der Waals surface area contributed by atoms with Gasteiger partial charge in [-0.1, -0.05) is 25.7 Å². The maximum Gasteiger partial charge on any atom is 0.305 e. The molecule has 0 spiro atoms. The van der Waals surface area contributed by atoms with Crippen LogP contribution in [0.5, 0.6) is 0 Å². The van der Waals surface area contributed by atoms with Gasteiger partial charge in [0.15, 0.2) is 0 Å². The zero-order chi connectivity index (χ0) is 20.4. The van der Waals surface area contributed by atoms with E-state index in [1.807, 2.05) is 6.26 Å². The summed E-state index contributed by atoms with van der Waals surface area (Å²) in [7, 11) is 0. The average molecular weight is 439 g/mol. The number of hydrogen-bond acceptors (Lipinski definition) is 7. The molecule has 162 valence electrons. The molecule has 7 N–H and O–H groups in total. The fourth-order valence-corrected chi connectivity index (χ4v) is 3.54. The van der Waals surface area contributed by atoms with Crippen LogP contribution in [0.15, 0.2) is 0 Å². The van der Waals surface area contributed by atoms with Crippen molar-refractivity contribution in [1.29, 1.82) is 0 Å². The summed E-state index contributed by atoms with van der Waals surface area (Å²) in [6.45, 7) is 0. The maximum atomic E-state index is 12.3. The number of carboxylic acid groups (broad SMARTS) is 1. The van der Waals surface area contributed by atoms with Crippen LogP contribution in [0.2, 0.25) is 0 Å². The van der Waals surface area contributed by atoms with Crippen LogP contribution in [-0.2, 0) is 19.2 Å². The molecule has 9 nitrogen and oxygen atoms in total. The van der Waals surface area contributed by atoms with Gasteiger partial charge in [-0.25, -0.2) is 0 Å². The van der Waals surface area contributed by atoms with E-state index in [0.717, 1.165) is 25.7 Å². The second kappa shape index (κ2) is 13.8. The van der Waals surface area contributed by atoms with Crippen LogP contribution in [0.4, 0.5) is 0 Å². The summed E-state index contributed by atoms with van der Waals surface area (Å²) in [6, 6.07) is -3.10. The summed E-state index contributed by atoms with van der Waals surface area (Å²) in [6.07, 6.45) is 6.34. The van der Waals surface area contributed by atoms with E-state index in [-0.39, 0.29) is 12.4 Å². The Morgan fingerprint density at radius 1 is 1.07 bits per heavy atom. The van der Waals surface area contributed by atoms with Crippen molar-refractivity contribution in [2.75, 3.05) is 12.0 Å². The lowest BCUT2D eigenvalue weighted by molar-refractivity contribution is -0.142. The third-order valence-corrected chi connectivity index (χ3v) is 5.27. The van der Waals surface area contributed by atoms with Crippen LogP contribution in [0.3, 0.4) is 0 Å². The number of carbonyl (C=O) groups is 4. The van der Waals surface area contributed by atoms with Crippen LogP contribution >= 0.6 is 24.2 Å². The van der Waals surface area contributed by atoms with Crippen LogP contribution in [-0.4, -0.2) is 58.9 Å². The lowest BCUT2D eigenvalue weighted by Crippen LogP contribution is -2.55. The zero-order valence-corrected chi connectivity index (χ0v) is 17.7. The number of imide groups is 1. The van der Waals surface area contributed by atoms with E-state index in [4.69, 9.17) is 16.6 Å². The van der Waals surface area contributed by atoms with E-state index < -0.39 is 48.2 Å². The molecule has 3 atom stereocenters. The van der Waals surface area contributed by atoms with Crippen molar-refractivity contribution in [1.82, 2.24) is 10.6 Å². The number of nitrogens with one attached hydrogen (secondary N) is 2. The molecular weight excluding hydrogens is 408 g/mol. The Labute approximate surface area is 175 Å². The first-order valence-electron chi connectivity index (χ1n) is 9.11. The highest BCUT2D eigenvalue weighted by Gasteiger charge is 2.29. The smallest absolute Gasteiger partial charge is 0.305 e. The molecule has 0 aromatic carbocycles. The number of amides is 3. The van der Waals surface area contributed by atoms with Gasteiger partial charge >= 0.3 is 5.97 Å². The van der Waals surface area contributed by atoms with E-state index in [1.54, 1.807) is 0 Å². The molecule has 1 aliphatic carbocycles. The number of carboxylic acids is 1. The van der Waals surface area contributed by atoms with Crippen LogP contribution < -0.4 is 22.1 Å².